The number of methoxy groups -OCH3 is 2. The molecular formula is C18H14O6. The zero-order chi connectivity index (χ0) is 17.3. The number of benzene rings is 2. The number of aromatic carboxylic acids is 1. The molecule has 0 aliphatic carbocycles. The van der Waals surface area contributed by atoms with E-state index < -0.39 is 5.97 Å². The molecule has 0 amide bonds. The van der Waals surface area contributed by atoms with E-state index in [1.54, 1.807) is 24.3 Å². The van der Waals surface area contributed by atoms with Crippen molar-refractivity contribution in [2.45, 2.75) is 0 Å². The van der Waals surface area contributed by atoms with E-state index in [1.165, 1.54) is 32.4 Å². The molecule has 1 aliphatic rings. The summed E-state index contributed by atoms with van der Waals surface area (Å²) in [5, 5.41) is 9.03. The molecule has 6 nitrogen and oxygen atoms in total. The predicted octanol–water partition coefficient (Wildman–Crippen LogP) is 3.02. The van der Waals surface area contributed by atoms with E-state index in [9.17, 15) is 9.59 Å². The van der Waals surface area contributed by atoms with Gasteiger partial charge in [0.1, 0.15) is 5.75 Å². The second kappa shape index (κ2) is 6.08. The molecule has 1 aliphatic heterocycles. The summed E-state index contributed by atoms with van der Waals surface area (Å²) in [4.78, 5) is 23.5. The summed E-state index contributed by atoms with van der Waals surface area (Å²) in [6.45, 7) is 0. The third kappa shape index (κ3) is 2.58. The Morgan fingerprint density at radius 1 is 1.17 bits per heavy atom. The third-order valence-electron chi connectivity index (χ3n) is 3.63. The highest BCUT2D eigenvalue weighted by atomic mass is 16.5. The standard InChI is InChI=1S/C18H14O6/c1-22-14-5-3-4-10(17(14)23-2)9-15-16(19)12-8-11(18(20)21)6-7-13(12)24-15/h3-9H,1-2H3,(H,20,21). The lowest BCUT2D eigenvalue weighted by Crippen LogP contribution is -2.01. The van der Waals surface area contributed by atoms with Gasteiger partial charge in [0.2, 0.25) is 5.78 Å². The summed E-state index contributed by atoms with van der Waals surface area (Å²) in [7, 11) is 3.03. The van der Waals surface area contributed by atoms with Crippen LogP contribution in [0, 0.1) is 0 Å². The molecular weight excluding hydrogens is 312 g/mol. The summed E-state index contributed by atoms with van der Waals surface area (Å²) in [5.74, 6) is -0.0401. The highest BCUT2D eigenvalue weighted by Gasteiger charge is 2.28. The molecule has 122 valence electrons. The Bertz CT molecular complexity index is 866. The van der Waals surface area contributed by atoms with Crippen LogP contribution in [-0.2, 0) is 0 Å². The summed E-state index contributed by atoms with van der Waals surface area (Å²) in [6.07, 6.45) is 1.55. The maximum Gasteiger partial charge on any atom is 0.335 e. The second-order valence-corrected chi connectivity index (χ2v) is 5.04. The van der Waals surface area contributed by atoms with Crippen molar-refractivity contribution in [1.82, 2.24) is 0 Å². The van der Waals surface area contributed by atoms with Crippen molar-refractivity contribution in [2.75, 3.05) is 14.2 Å². The number of hydrogen-bond donors (Lipinski definition) is 1. The maximum atomic E-state index is 12.5. The number of fused-ring (bicyclic) bond motifs is 1. The number of ketones is 1. The Morgan fingerprint density at radius 2 is 1.96 bits per heavy atom. The van der Waals surface area contributed by atoms with Crippen LogP contribution < -0.4 is 14.2 Å². The molecule has 0 fully saturated rings. The lowest BCUT2D eigenvalue weighted by Gasteiger charge is -2.10. The van der Waals surface area contributed by atoms with Crippen LogP contribution in [0.25, 0.3) is 6.08 Å². The predicted molar refractivity (Wildman–Crippen MR) is 85.9 cm³/mol. The fourth-order valence-corrected chi connectivity index (χ4v) is 2.49. The quantitative estimate of drug-likeness (QED) is 0.870. The molecule has 6 heteroatoms. The number of carbonyl (C=O) groups is 2. The van der Waals surface area contributed by atoms with Crippen LogP contribution in [0.4, 0.5) is 0 Å². The maximum absolute atomic E-state index is 12.5. The largest absolute Gasteiger partial charge is 0.493 e. The van der Waals surface area contributed by atoms with Gasteiger partial charge in [-0.1, -0.05) is 12.1 Å². The zero-order valence-electron chi connectivity index (χ0n) is 13.0. The van der Waals surface area contributed by atoms with Crippen molar-refractivity contribution in [3.05, 3.63) is 58.8 Å². The Balaban J connectivity index is 2.02. The normalized spacial score (nSPS) is 14.2. The molecule has 1 heterocycles. The molecule has 2 aromatic rings. The van der Waals surface area contributed by atoms with Crippen LogP contribution in [-0.4, -0.2) is 31.1 Å². The summed E-state index contributed by atoms with van der Waals surface area (Å²) >= 11 is 0. The van der Waals surface area contributed by atoms with Crippen molar-refractivity contribution >= 4 is 17.8 Å². The lowest BCUT2D eigenvalue weighted by atomic mass is 10.1. The number of para-hydroxylation sites is 1. The molecule has 0 spiro atoms. The number of carboxylic acid groups (broad SMARTS) is 1. The van der Waals surface area contributed by atoms with Gasteiger partial charge < -0.3 is 19.3 Å². The first-order valence-electron chi connectivity index (χ1n) is 7.07. The summed E-state index contributed by atoms with van der Waals surface area (Å²) < 4.78 is 16.1. The first-order valence-corrected chi connectivity index (χ1v) is 7.07. The molecule has 0 saturated heterocycles. The van der Waals surface area contributed by atoms with Gasteiger partial charge >= 0.3 is 5.97 Å². The van der Waals surface area contributed by atoms with Gasteiger partial charge in [0.25, 0.3) is 0 Å². The molecule has 0 radical (unpaired) electrons. The molecule has 2 aromatic carbocycles. The molecule has 0 unspecified atom stereocenters. The number of carboxylic acids is 1. The number of Topliss-reactive ketones (excluding diaryl/α,β-unsaturated/α-hetero) is 1. The summed E-state index contributed by atoms with van der Waals surface area (Å²) in [6, 6.07) is 9.44. The minimum Gasteiger partial charge on any atom is -0.493 e. The number of allylic oxidation sites excluding steroid dienone is 1. The smallest absolute Gasteiger partial charge is 0.335 e. The molecule has 3 rings (SSSR count). The first-order chi connectivity index (χ1) is 11.5. The van der Waals surface area contributed by atoms with E-state index in [-0.39, 0.29) is 22.7 Å². The Hall–Kier alpha value is -3.28. The van der Waals surface area contributed by atoms with Crippen LogP contribution in [0.1, 0.15) is 26.3 Å². The van der Waals surface area contributed by atoms with Crippen LogP contribution in [0.5, 0.6) is 17.2 Å². The Labute approximate surface area is 137 Å². The van der Waals surface area contributed by atoms with Crippen molar-refractivity contribution in [1.29, 1.82) is 0 Å². The fraction of sp³-hybridized carbons (Fsp3) is 0.111. The average Bonchev–Trinajstić information content (AvgIpc) is 2.90. The Morgan fingerprint density at radius 3 is 2.62 bits per heavy atom. The number of rotatable bonds is 4. The van der Waals surface area contributed by atoms with E-state index in [0.717, 1.165) is 0 Å². The van der Waals surface area contributed by atoms with Crippen molar-refractivity contribution in [3.63, 3.8) is 0 Å². The average molecular weight is 326 g/mol. The number of ether oxygens (including phenoxy) is 3. The molecule has 0 saturated carbocycles. The summed E-state index contributed by atoms with van der Waals surface area (Å²) in [5.41, 5.74) is 0.875. The van der Waals surface area contributed by atoms with Gasteiger partial charge in [-0.15, -0.1) is 0 Å². The highest BCUT2D eigenvalue weighted by molar-refractivity contribution is 6.15. The molecule has 0 aromatic heterocycles. The molecule has 0 atom stereocenters. The molecule has 0 bridgehead atoms. The monoisotopic (exact) mass is 326 g/mol. The van der Waals surface area contributed by atoms with Gasteiger partial charge in [0, 0.05) is 5.56 Å². The molecule has 24 heavy (non-hydrogen) atoms. The van der Waals surface area contributed by atoms with Crippen molar-refractivity contribution in [2.24, 2.45) is 0 Å². The van der Waals surface area contributed by atoms with Gasteiger partial charge in [-0.05, 0) is 30.3 Å². The van der Waals surface area contributed by atoms with E-state index in [4.69, 9.17) is 19.3 Å². The van der Waals surface area contributed by atoms with Crippen LogP contribution >= 0.6 is 0 Å². The van der Waals surface area contributed by atoms with Crippen LogP contribution in [0.15, 0.2) is 42.2 Å². The van der Waals surface area contributed by atoms with E-state index in [2.05, 4.69) is 0 Å². The van der Waals surface area contributed by atoms with E-state index in [1.807, 2.05) is 0 Å². The van der Waals surface area contributed by atoms with Crippen molar-refractivity contribution < 1.29 is 28.9 Å². The van der Waals surface area contributed by atoms with Gasteiger partial charge in [-0.2, -0.15) is 0 Å². The van der Waals surface area contributed by atoms with Gasteiger partial charge in [-0.25, -0.2) is 4.79 Å². The van der Waals surface area contributed by atoms with Crippen molar-refractivity contribution in [3.8, 4) is 17.2 Å². The Kier molecular flexibility index (Phi) is 3.95. The number of carbonyl (C=O) groups excluding carboxylic acids is 1. The number of hydrogen-bond acceptors (Lipinski definition) is 5. The third-order valence-corrected chi connectivity index (χ3v) is 3.63. The SMILES string of the molecule is COc1cccc(C=C2Oc3ccc(C(=O)O)cc3C2=O)c1OC. The van der Waals surface area contributed by atoms with Crippen LogP contribution in [0.2, 0.25) is 0 Å². The second-order valence-electron chi connectivity index (χ2n) is 5.04. The minimum atomic E-state index is -1.10. The first kappa shape index (κ1) is 15.6. The van der Waals surface area contributed by atoms with E-state index >= 15 is 0 Å². The fourth-order valence-electron chi connectivity index (χ4n) is 2.49. The minimum absolute atomic E-state index is 0.0333. The van der Waals surface area contributed by atoms with Crippen LogP contribution in [0.3, 0.4) is 0 Å². The van der Waals surface area contributed by atoms with Gasteiger partial charge in [0.05, 0.1) is 25.3 Å². The lowest BCUT2D eigenvalue weighted by molar-refractivity contribution is 0.0697. The zero-order valence-corrected chi connectivity index (χ0v) is 13.0. The van der Waals surface area contributed by atoms with Gasteiger partial charge in [-0.3, -0.25) is 4.79 Å². The van der Waals surface area contributed by atoms with E-state index in [0.29, 0.717) is 22.8 Å². The van der Waals surface area contributed by atoms with Gasteiger partial charge in [0.15, 0.2) is 17.3 Å². The highest BCUT2D eigenvalue weighted by Crippen LogP contribution is 2.36. The topological polar surface area (TPSA) is 82.1 Å². The molecule has 1 N–H and O–H groups in total.